The van der Waals surface area contributed by atoms with Crippen LogP contribution in [0, 0.1) is 5.41 Å². The van der Waals surface area contributed by atoms with E-state index in [2.05, 4.69) is 43.0 Å². The van der Waals surface area contributed by atoms with Gasteiger partial charge in [-0.2, -0.15) is 0 Å². The van der Waals surface area contributed by atoms with Crippen LogP contribution < -0.4 is 0 Å². The summed E-state index contributed by atoms with van der Waals surface area (Å²) in [5.74, 6) is 1.98. The van der Waals surface area contributed by atoms with Crippen LogP contribution in [-0.4, -0.2) is 29.6 Å². The van der Waals surface area contributed by atoms with E-state index >= 15 is 0 Å². The van der Waals surface area contributed by atoms with Crippen LogP contribution in [-0.2, 0) is 4.79 Å². The van der Waals surface area contributed by atoms with Crippen molar-refractivity contribution in [2.75, 3.05) is 18.8 Å². The van der Waals surface area contributed by atoms with Crippen molar-refractivity contribution >= 4 is 17.7 Å². The van der Waals surface area contributed by atoms with Crippen LogP contribution in [0.15, 0.2) is 29.2 Å². The highest BCUT2D eigenvalue weighted by Gasteiger charge is 2.31. The molecule has 2 aliphatic rings. The normalized spacial score (nSPS) is 25.4. The molecule has 1 amide bonds. The van der Waals surface area contributed by atoms with E-state index in [1.807, 2.05) is 11.8 Å². The lowest BCUT2D eigenvalue weighted by Crippen LogP contribution is -2.34. The summed E-state index contributed by atoms with van der Waals surface area (Å²) in [6.45, 7) is 6.39. The van der Waals surface area contributed by atoms with Crippen molar-refractivity contribution in [2.45, 2.75) is 43.9 Å². The van der Waals surface area contributed by atoms with Crippen LogP contribution in [0.5, 0.6) is 0 Å². The first-order valence-electron chi connectivity index (χ1n) is 7.55. The molecule has 1 aromatic rings. The Kier molecular flexibility index (Phi) is 3.80. The van der Waals surface area contributed by atoms with Gasteiger partial charge in [-0.15, -0.1) is 11.8 Å². The quantitative estimate of drug-likeness (QED) is 0.822. The van der Waals surface area contributed by atoms with Gasteiger partial charge in [0.05, 0.1) is 0 Å². The molecule has 3 rings (SSSR count). The fourth-order valence-corrected chi connectivity index (χ4v) is 4.37. The lowest BCUT2D eigenvalue weighted by molar-refractivity contribution is -0.130. The third-order valence-corrected chi connectivity index (χ3v) is 5.92. The minimum Gasteiger partial charge on any atom is -0.342 e. The van der Waals surface area contributed by atoms with Crippen molar-refractivity contribution in [1.29, 1.82) is 0 Å². The fraction of sp³-hybridized carbons (Fsp3) is 0.588. The van der Waals surface area contributed by atoms with Gasteiger partial charge >= 0.3 is 0 Å². The molecule has 1 aromatic carbocycles. The summed E-state index contributed by atoms with van der Waals surface area (Å²) in [5.41, 5.74) is 1.75. The van der Waals surface area contributed by atoms with Gasteiger partial charge in [0.1, 0.15) is 0 Å². The van der Waals surface area contributed by atoms with Gasteiger partial charge in [0, 0.05) is 36.1 Å². The molecule has 2 aliphatic heterocycles. The molecule has 0 aliphatic carbocycles. The lowest BCUT2D eigenvalue weighted by Gasteiger charge is -2.26. The topological polar surface area (TPSA) is 20.3 Å². The maximum atomic E-state index is 12.3. The van der Waals surface area contributed by atoms with Crippen LogP contribution in [0.4, 0.5) is 0 Å². The molecule has 1 unspecified atom stereocenters. The third-order valence-electron chi connectivity index (χ3n) is 4.67. The van der Waals surface area contributed by atoms with E-state index in [4.69, 9.17) is 0 Å². The Labute approximate surface area is 125 Å². The first kappa shape index (κ1) is 14.0. The maximum Gasteiger partial charge on any atom is 0.222 e. The number of likely N-dealkylation sites (tertiary alicyclic amines) is 1. The molecule has 2 heterocycles. The van der Waals surface area contributed by atoms with Crippen molar-refractivity contribution in [3.8, 4) is 0 Å². The van der Waals surface area contributed by atoms with Gasteiger partial charge in [-0.3, -0.25) is 4.79 Å². The highest BCUT2D eigenvalue weighted by atomic mass is 32.2. The molecule has 1 fully saturated rings. The van der Waals surface area contributed by atoms with Crippen LogP contribution in [0.25, 0.3) is 0 Å². The van der Waals surface area contributed by atoms with Crippen LogP contribution >= 0.6 is 11.8 Å². The molecule has 0 bridgehead atoms. The molecular weight excluding hydrogens is 266 g/mol. The smallest absolute Gasteiger partial charge is 0.222 e. The molecular formula is C17H23NOS. The number of thioether (sulfide) groups is 1. The Bertz CT molecular complexity index is 511. The monoisotopic (exact) mass is 289 g/mol. The van der Waals surface area contributed by atoms with E-state index in [1.165, 1.54) is 10.5 Å². The van der Waals surface area contributed by atoms with Gasteiger partial charge in [0.15, 0.2) is 0 Å². The number of carbonyl (C=O) groups excluding carboxylic acids is 1. The van der Waals surface area contributed by atoms with E-state index in [9.17, 15) is 4.79 Å². The molecule has 1 atom stereocenters. The average Bonchev–Trinajstić information content (AvgIpc) is 2.78. The predicted octanol–water partition coefficient (Wildman–Crippen LogP) is 3.91. The lowest BCUT2D eigenvalue weighted by atomic mass is 9.85. The number of benzene rings is 1. The number of hydrogen-bond donors (Lipinski definition) is 0. The average molecular weight is 289 g/mol. The molecule has 20 heavy (non-hydrogen) atoms. The van der Waals surface area contributed by atoms with Gasteiger partial charge < -0.3 is 4.90 Å². The molecule has 0 spiro atoms. The van der Waals surface area contributed by atoms with Crippen molar-refractivity contribution < 1.29 is 4.79 Å². The second-order valence-electron chi connectivity index (χ2n) is 6.80. The summed E-state index contributed by atoms with van der Waals surface area (Å²) in [4.78, 5) is 15.8. The summed E-state index contributed by atoms with van der Waals surface area (Å²) in [6.07, 6.45) is 2.87. The highest BCUT2D eigenvalue weighted by Crippen LogP contribution is 2.40. The van der Waals surface area contributed by atoms with Crippen molar-refractivity contribution in [3.05, 3.63) is 29.8 Å². The van der Waals surface area contributed by atoms with Gasteiger partial charge in [-0.1, -0.05) is 32.0 Å². The minimum atomic E-state index is 0.312. The zero-order chi connectivity index (χ0) is 14.2. The van der Waals surface area contributed by atoms with Gasteiger partial charge in [0.25, 0.3) is 0 Å². The largest absolute Gasteiger partial charge is 0.342 e. The van der Waals surface area contributed by atoms with Gasteiger partial charge in [-0.05, 0) is 29.9 Å². The second kappa shape index (κ2) is 5.44. The van der Waals surface area contributed by atoms with Crippen molar-refractivity contribution in [1.82, 2.24) is 4.90 Å². The van der Waals surface area contributed by atoms with E-state index in [0.717, 1.165) is 31.7 Å². The van der Waals surface area contributed by atoms with Crippen molar-refractivity contribution in [2.24, 2.45) is 5.41 Å². The van der Waals surface area contributed by atoms with Crippen LogP contribution in [0.3, 0.4) is 0 Å². The number of hydrogen-bond acceptors (Lipinski definition) is 2. The first-order valence-corrected chi connectivity index (χ1v) is 8.53. The van der Waals surface area contributed by atoms with Crippen LogP contribution in [0.1, 0.15) is 44.6 Å². The Balaban J connectivity index is 1.71. The third kappa shape index (κ3) is 2.88. The summed E-state index contributed by atoms with van der Waals surface area (Å²) < 4.78 is 0. The van der Waals surface area contributed by atoms with E-state index in [0.29, 0.717) is 23.7 Å². The number of rotatable bonds is 2. The first-order chi connectivity index (χ1) is 9.55. The predicted molar refractivity (Wildman–Crippen MR) is 84.1 cm³/mol. The number of carbonyl (C=O) groups is 1. The van der Waals surface area contributed by atoms with Gasteiger partial charge in [-0.25, -0.2) is 0 Å². The zero-order valence-corrected chi connectivity index (χ0v) is 13.2. The molecule has 0 N–H and O–H groups in total. The number of amides is 1. The van der Waals surface area contributed by atoms with Crippen LogP contribution in [0.2, 0.25) is 0 Å². The molecule has 108 valence electrons. The molecule has 0 saturated carbocycles. The van der Waals surface area contributed by atoms with Crippen molar-refractivity contribution in [3.63, 3.8) is 0 Å². The SMILES string of the molecule is CC1(C)CCC(=O)N(CC2CSc3ccccc32)CC1. The summed E-state index contributed by atoms with van der Waals surface area (Å²) in [6, 6.07) is 8.65. The summed E-state index contributed by atoms with van der Waals surface area (Å²) in [5, 5.41) is 0. The Morgan fingerprint density at radius 3 is 2.95 bits per heavy atom. The Morgan fingerprint density at radius 2 is 2.10 bits per heavy atom. The van der Waals surface area contributed by atoms with E-state index < -0.39 is 0 Å². The number of nitrogens with zero attached hydrogens (tertiary/aromatic N) is 1. The summed E-state index contributed by atoms with van der Waals surface area (Å²) in [7, 11) is 0. The van der Waals surface area contributed by atoms with Gasteiger partial charge in [0.2, 0.25) is 5.91 Å². The summed E-state index contributed by atoms with van der Waals surface area (Å²) >= 11 is 1.93. The Hall–Kier alpha value is -0.960. The second-order valence-corrected chi connectivity index (χ2v) is 7.86. The molecule has 2 nitrogen and oxygen atoms in total. The Morgan fingerprint density at radius 1 is 1.30 bits per heavy atom. The molecule has 0 radical (unpaired) electrons. The highest BCUT2D eigenvalue weighted by molar-refractivity contribution is 7.99. The van der Waals surface area contributed by atoms with E-state index in [1.54, 1.807) is 0 Å². The fourth-order valence-electron chi connectivity index (χ4n) is 3.13. The standard InChI is InChI=1S/C17H23NOS/c1-17(2)8-7-16(19)18(10-9-17)11-13-12-20-15-6-4-3-5-14(13)15/h3-6,13H,7-12H2,1-2H3. The molecule has 0 aromatic heterocycles. The number of fused-ring (bicyclic) bond motifs is 1. The minimum absolute atomic E-state index is 0.312. The zero-order valence-electron chi connectivity index (χ0n) is 12.4. The van der Waals surface area contributed by atoms with E-state index in [-0.39, 0.29) is 0 Å². The maximum absolute atomic E-state index is 12.3. The molecule has 1 saturated heterocycles. The molecule has 3 heteroatoms.